The summed E-state index contributed by atoms with van der Waals surface area (Å²) in [7, 11) is 0. The largest absolute Gasteiger partial charge is 0.435 e. The second kappa shape index (κ2) is 4.07. The van der Waals surface area contributed by atoms with Gasteiger partial charge in [0.2, 0.25) is 0 Å². The molecule has 0 saturated heterocycles. The van der Waals surface area contributed by atoms with Gasteiger partial charge < -0.3 is 0 Å². The molecule has 2 aromatic rings. The molecule has 1 aromatic heterocycles. The first-order valence-corrected chi connectivity index (χ1v) is 5.02. The highest BCUT2D eigenvalue weighted by Gasteiger charge is 2.46. The van der Waals surface area contributed by atoms with Gasteiger partial charge in [-0.15, -0.1) is 0 Å². The van der Waals surface area contributed by atoms with E-state index in [1.54, 1.807) is 6.92 Å². The van der Waals surface area contributed by atoms with Crippen molar-refractivity contribution in [2.75, 3.05) is 0 Å². The number of hydrogen-bond acceptors (Lipinski definition) is 2. The molecule has 19 heavy (non-hydrogen) atoms. The smallest absolute Gasteiger partial charge is 0.239 e. The number of nitrogens with zero attached hydrogens (tertiary/aromatic N) is 2. The van der Waals surface area contributed by atoms with Crippen molar-refractivity contribution in [3.8, 4) is 0 Å². The monoisotopic (exact) mass is 280 g/mol. The Kier molecular flexibility index (Phi) is 2.91. The molecule has 102 valence electrons. The van der Waals surface area contributed by atoms with E-state index in [9.17, 15) is 26.3 Å². The number of benzene rings is 1. The Morgan fingerprint density at radius 2 is 1.26 bits per heavy atom. The van der Waals surface area contributed by atoms with E-state index in [4.69, 9.17) is 0 Å². The maximum absolute atomic E-state index is 12.6. The summed E-state index contributed by atoms with van der Waals surface area (Å²) >= 11 is 0. The van der Waals surface area contributed by atoms with E-state index in [2.05, 4.69) is 9.97 Å². The SMILES string of the molecule is Cc1ccc2nc(C(F)(F)F)c(C(F)(F)F)nc2c1. The van der Waals surface area contributed by atoms with Crippen LogP contribution in [0.25, 0.3) is 11.0 Å². The van der Waals surface area contributed by atoms with Crippen molar-refractivity contribution in [1.29, 1.82) is 0 Å². The molecule has 0 unspecified atom stereocenters. The van der Waals surface area contributed by atoms with Crippen LogP contribution in [0.15, 0.2) is 18.2 Å². The molecule has 8 heteroatoms. The van der Waals surface area contributed by atoms with Gasteiger partial charge in [0.15, 0.2) is 11.4 Å². The zero-order valence-corrected chi connectivity index (χ0v) is 9.39. The van der Waals surface area contributed by atoms with Crippen LogP contribution in [-0.4, -0.2) is 9.97 Å². The lowest BCUT2D eigenvalue weighted by Gasteiger charge is -2.14. The van der Waals surface area contributed by atoms with Crippen LogP contribution in [0.2, 0.25) is 0 Å². The van der Waals surface area contributed by atoms with Crippen LogP contribution in [0.3, 0.4) is 0 Å². The Balaban J connectivity index is 2.82. The lowest BCUT2D eigenvalue weighted by molar-refractivity contribution is -0.167. The molecule has 0 amide bonds. The highest BCUT2D eigenvalue weighted by molar-refractivity contribution is 5.75. The maximum Gasteiger partial charge on any atom is 0.435 e. The zero-order chi connectivity index (χ0) is 14.4. The van der Waals surface area contributed by atoms with Crippen molar-refractivity contribution in [3.05, 3.63) is 35.2 Å². The number of aryl methyl sites for hydroxylation is 1. The van der Waals surface area contributed by atoms with Crippen molar-refractivity contribution in [3.63, 3.8) is 0 Å². The van der Waals surface area contributed by atoms with E-state index in [1.165, 1.54) is 18.2 Å². The Morgan fingerprint density at radius 1 is 0.789 bits per heavy atom. The van der Waals surface area contributed by atoms with Gasteiger partial charge in [-0.1, -0.05) is 6.07 Å². The van der Waals surface area contributed by atoms with Gasteiger partial charge in [-0.25, -0.2) is 9.97 Å². The number of aromatic nitrogens is 2. The van der Waals surface area contributed by atoms with Gasteiger partial charge >= 0.3 is 12.4 Å². The van der Waals surface area contributed by atoms with E-state index in [0.29, 0.717) is 5.56 Å². The Hall–Kier alpha value is -1.86. The summed E-state index contributed by atoms with van der Waals surface area (Å²) in [5.74, 6) is 0. The third kappa shape index (κ3) is 2.61. The summed E-state index contributed by atoms with van der Waals surface area (Å²) in [5.41, 5.74) is -3.91. The van der Waals surface area contributed by atoms with Gasteiger partial charge in [0.05, 0.1) is 11.0 Å². The van der Waals surface area contributed by atoms with Crippen LogP contribution in [0.5, 0.6) is 0 Å². The van der Waals surface area contributed by atoms with Crippen LogP contribution in [0.4, 0.5) is 26.3 Å². The fraction of sp³-hybridized carbons (Fsp3) is 0.273. The van der Waals surface area contributed by atoms with E-state index < -0.39 is 23.7 Å². The summed E-state index contributed by atoms with van der Waals surface area (Å²) < 4.78 is 75.6. The molecule has 2 rings (SSSR count). The molecule has 0 saturated carbocycles. The molecular weight excluding hydrogens is 274 g/mol. The molecule has 0 fully saturated rings. The number of alkyl halides is 6. The minimum absolute atomic E-state index is 0.222. The highest BCUT2D eigenvalue weighted by Crippen LogP contribution is 2.38. The average molecular weight is 280 g/mol. The maximum atomic E-state index is 12.6. The van der Waals surface area contributed by atoms with Gasteiger partial charge in [0.1, 0.15) is 0 Å². The molecule has 0 bridgehead atoms. The molecule has 1 heterocycles. The zero-order valence-electron chi connectivity index (χ0n) is 9.39. The van der Waals surface area contributed by atoms with E-state index in [1.807, 2.05) is 0 Å². The summed E-state index contributed by atoms with van der Waals surface area (Å²) in [4.78, 5) is 6.11. The topological polar surface area (TPSA) is 25.8 Å². The Morgan fingerprint density at radius 3 is 1.74 bits per heavy atom. The van der Waals surface area contributed by atoms with Crippen molar-refractivity contribution in [1.82, 2.24) is 9.97 Å². The van der Waals surface area contributed by atoms with Gasteiger partial charge in [-0.2, -0.15) is 26.3 Å². The molecule has 1 aromatic carbocycles. The van der Waals surface area contributed by atoms with Crippen LogP contribution < -0.4 is 0 Å². The minimum Gasteiger partial charge on any atom is -0.239 e. The van der Waals surface area contributed by atoms with Crippen LogP contribution in [0, 0.1) is 6.92 Å². The third-order valence-corrected chi connectivity index (χ3v) is 2.36. The fourth-order valence-corrected chi connectivity index (χ4v) is 1.56. The number of hydrogen-bond donors (Lipinski definition) is 0. The quantitative estimate of drug-likeness (QED) is 0.682. The van der Waals surface area contributed by atoms with E-state index in [0.717, 1.165) is 0 Å². The highest BCUT2D eigenvalue weighted by atomic mass is 19.4. The summed E-state index contributed by atoms with van der Waals surface area (Å²) in [6.07, 6.45) is -10.4. The normalized spacial score (nSPS) is 13.0. The third-order valence-electron chi connectivity index (χ3n) is 2.36. The first-order chi connectivity index (χ1) is 8.59. The summed E-state index contributed by atoms with van der Waals surface area (Å²) in [6.45, 7) is 1.59. The van der Waals surface area contributed by atoms with Gasteiger partial charge in [-0.3, -0.25) is 0 Å². The van der Waals surface area contributed by atoms with Crippen LogP contribution in [0.1, 0.15) is 17.0 Å². The second-order valence-electron chi connectivity index (χ2n) is 3.91. The van der Waals surface area contributed by atoms with Crippen molar-refractivity contribution in [2.24, 2.45) is 0 Å². The lowest BCUT2D eigenvalue weighted by Crippen LogP contribution is -2.20. The van der Waals surface area contributed by atoms with E-state index >= 15 is 0 Å². The van der Waals surface area contributed by atoms with Gasteiger partial charge in [0, 0.05) is 0 Å². The number of fused-ring (bicyclic) bond motifs is 1. The van der Waals surface area contributed by atoms with Crippen molar-refractivity contribution < 1.29 is 26.3 Å². The van der Waals surface area contributed by atoms with Crippen LogP contribution >= 0.6 is 0 Å². The minimum atomic E-state index is -5.21. The number of halogens is 6. The standard InChI is InChI=1S/C11H6F6N2/c1-5-2-3-6-7(4-5)19-9(11(15,16)17)8(18-6)10(12,13)14/h2-4H,1H3. The first kappa shape index (κ1) is 13.6. The first-order valence-electron chi connectivity index (χ1n) is 5.02. The molecule has 0 aliphatic heterocycles. The molecule has 0 radical (unpaired) electrons. The van der Waals surface area contributed by atoms with E-state index in [-0.39, 0.29) is 11.0 Å². The Labute approximate surface area is 103 Å². The summed E-state index contributed by atoms with van der Waals surface area (Å²) in [6, 6.07) is 3.90. The molecular formula is C11H6F6N2. The van der Waals surface area contributed by atoms with Crippen LogP contribution in [-0.2, 0) is 12.4 Å². The summed E-state index contributed by atoms with van der Waals surface area (Å²) in [5, 5.41) is 0. The average Bonchev–Trinajstić information content (AvgIpc) is 2.24. The predicted octanol–water partition coefficient (Wildman–Crippen LogP) is 3.98. The van der Waals surface area contributed by atoms with Crippen molar-refractivity contribution in [2.45, 2.75) is 19.3 Å². The lowest BCUT2D eigenvalue weighted by atomic mass is 10.2. The molecule has 0 spiro atoms. The van der Waals surface area contributed by atoms with Gasteiger partial charge in [0.25, 0.3) is 0 Å². The fourth-order valence-electron chi connectivity index (χ4n) is 1.56. The second-order valence-corrected chi connectivity index (χ2v) is 3.91. The molecule has 2 nitrogen and oxygen atoms in total. The number of rotatable bonds is 0. The van der Waals surface area contributed by atoms with Gasteiger partial charge in [-0.05, 0) is 24.6 Å². The molecule has 0 aliphatic rings. The molecule has 0 atom stereocenters. The predicted molar refractivity (Wildman–Crippen MR) is 54.3 cm³/mol. The Bertz CT molecular complexity index is 629. The molecule has 0 aliphatic carbocycles. The van der Waals surface area contributed by atoms with Crippen molar-refractivity contribution >= 4 is 11.0 Å². The molecule has 0 N–H and O–H groups in total.